The first-order chi connectivity index (χ1) is 9.12. The number of aromatic nitrogens is 1. The average Bonchev–Trinajstić information content (AvgIpc) is 2.98. The Kier molecular flexibility index (Phi) is 2.75. The number of rotatable bonds is 2. The van der Waals surface area contributed by atoms with E-state index in [0.29, 0.717) is 5.75 Å². The highest BCUT2D eigenvalue weighted by atomic mass is 32.3. The number of hydrogen-bond donors (Lipinski definition) is 1. The molecule has 3 rings (SSSR count). The minimum atomic E-state index is -1.87. The highest BCUT2D eigenvalue weighted by Gasteiger charge is 2.30. The third-order valence-electron chi connectivity index (χ3n) is 3.52. The summed E-state index contributed by atoms with van der Waals surface area (Å²) in [7, 11) is 0.129. The van der Waals surface area contributed by atoms with Crippen LogP contribution in [0, 0.1) is 0 Å². The molecule has 0 saturated heterocycles. The van der Waals surface area contributed by atoms with Crippen LogP contribution < -0.4 is 0 Å². The van der Waals surface area contributed by atoms with Crippen LogP contribution in [0.15, 0.2) is 53.3 Å². The van der Waals surface area contributed by atoms with Crippen LogP contribution in [0.5, 0.6) is 0 Å². The van der Waals surface area contributed by atoms with Gasteiger partial charge in [-0.25, -0.2) is 4.79 Å². The predicted octanol–water partition coefficient (Wildman–Crippen LogP) is 4.20. The second-order valence-electron chi connectivity index (χ2n) is 4.67. The molecule has 0 amide bonds. The van der Waals surface area contributed by atoms with E-state index in [1.165, 1.54) is 0 Å². The number of para-hydroxylation sites is 1. The Morgan fingerprint density at radius 3 is 2.58 bits per heavy atom. The molecule has 1 N–H and O–H groups in total. The van der Waals surface area contributed by atoms with Gasteiger partial charge < -0.3 is 9.67 Å². The highest BCUT2D eigenvalue weighted by Crippen LogP contribution is 2.57. The third kappa shape index (κ3) is 1.88. The number of fused-ring (bicyclic) bond motifs is 1. The zero-order valence-electron chi connectivity index (χ0n) is 10.6. The first-order valence-corrected chi connectivity index (χ1v) is 7.97. The van der Waals surface area contributed by atoms with E-state index in [1.807, 2.05) is 42.1 Å². The average molecular weight is 273 g/mol. The second-order valence-corrected chi connectivity index (χ2v) is 7.55. The van der Waals surface area contributed by atoms with Crippen molar-refractivity contribution in [2.24, 2.45) is 7.05 Å². The quantitative estimate of drug-likeness (QED) is 0.891. The number of carbonyl (C=O) groups is 1. The van der Waals surface area contributed by atoms with Crippen molar-refractivity contribution in [2.75, 3.05) is 0 Å². The van der Waals surface area contributed by atoms with Crippen LogP contribution in [0.3, 0.4) is 0 Å². The van der Waals surface area contributed by atoms with Gasteiger partial charge in [-0.1, -0.05) is 40.4 Å². The molecular weight excluding hydrogens is 258 g/mol. The minimum Gasteiger partial charge on any atom is -0.474 e. The van der Waals surface area contributed by atoms with Crippen molar-refractivity contribution in [3.63, 3.8) is 0 Å². The number of aryl methyl sites for hydroxylation is 1. The molecule has 1 aliphatic heterocycles. The molecule has 1 aliphatic rings. The van der Waals surface area contributed by atoms with Crippen molar-refractivity contribution in [1.82, 2.24) is 4.57 Å². The van der Waals surface area contributed by atoms with E-state index in [-0.39, 0.29) is 0 Å². The lowest BCUT2D eigenvalue weighted by atomic mass is 10.2. The van der Waals surface area contributed by atoms with Gasteiger partial charge in [-0.2, -0.15) is 0 Å². The number of hydrogen-bond acceptors (Lipinski definition) is 1. The van der Waals surface area contributed by atoms with Crippen LogP contribution in [0.4, 0.5) is 4.79 Å². The molecule has 0 unspecified atom stereocenters. The summed E-state index contributed by atoms with van der Waals surface area (Å²) in [6.07, 6.45) is 3.68. The van der Waals surface area contributed by atoms with E-state index < -0.39 is 15.3 Å². The zero-order chi connectivity index (χ0) is 13.5. The van der Waals surface area contributed by atoms with Crippen LogP contribution in [-0.4, -0.2) is 15.0 Å². The summed E-state index contributed by atoms with van der Waals surface area (Å²) in [5.41, 5.74) is 2.21. The molecule has 0 aliphatic carbocycles. The molecule has 0 spiro atoms. The fourth-order valence-corrected chi connectivity index (χ4v) is 4.57. The van der Waals surface area contributed by atoms with Gasteiger partial charge in [-0.15, -0.1) is 0 Å². The van der Waals surface area contributed by atoms with Crippen molar-refractivity contribution in [2.45, 2.75) is 5.75 Å². The lowest BCUT2D eigenvalue weighted by Crippen LogP contribution is -2.09. The van der Waals surface area contributed by atoms with Crippen LogP contribution in [-0.2, 0) is 12.8 Å². The minimum absolute atomic E-state index is 0.556. The largest absolute Gasteiger partial charge is 0.474 e. The number of carboxylic acid groups (broad SMARTS) is 1. The third-order valence-corrected chi connectivity index (χ3v) is 6.23. The van der Waals surface area contributed by atoms with Crippen LogP contribution in [0.1, 0.15) is 5.69 Å². The number of benzene rings is 1. The van der Waals surface area contributed by atoms with Crippen molar-refractivity contribution in [3.05, 3.63) is 59.0 Å². The standard InChI is InChI=1S/C15H15NO2S/c1-16-13(10-12-6-2-3-7-14(12)16)11-19(15(17)18)8-4-5-9-19/h2-10H,11H2,1H3,(H,17,18). The fourth-order valence-electron chi connectivity index (χ4n) is 2.42. The van der Waals surface area contributed by atoms with Gasteiger partial charge in [0.1, 0.15) is 0 Å². The topological polar surface area (TPSA) is 42.2 Å². The van der Waals surface area contributed by atoms with E-state index in [0.717, 1.165) is 16.6 Å². The SMILES string of the molecule is Cn1c(CS2(C(=O)O)C=CC=C2)cc2ccccc21. The van der Waals surface area contributed by atoms with Crippen LogP contribution >= 0.6 is 10.0 Å². The molecule has 1 aromatic carbocycles. The normalized spacial score (nSPS) is 17.9. The van der Waals surface area contributed by atoms with Crippen molar-refractivity contribution in [3.8, 4) is 0 Å². The lowest BCUT2D eigenvalue weighted by molar-refractivity contribution is 0.221. The number of allylic oxidation sites excluding steroid dienone is 2. The summed E-state index contributed by atoms with van der Waals surface area (Å²) < 4.78 is 2.09. The Balaban J connectivity index is 2.06. The first-order valence-electron chi connectivity index (χ1n) is 6.04. The molecule has 3 nitrogen and oxygen atoms in total. The summed E-state index contributed by atoms with van der Waals surface area (Å²) in [5.74, 6) is 0.556. The van der Waals surface area contributed by atoms with Crippen molar-refractivity contribution >= 4 is 26.2 Å². The van der Waals surface area contributed by atoms with E-state index >= 15 is 0 Å². The predicted molar refractivity (Wildman–Crippen MR) is 80.5 cm³/mol. The lowest BCUT2D eigenvalue weighted by Gasteiger charge is -2.25. The molecule has 2 heterocycles. The van der Waals surface area contributed by atoms with Gasteiger partial charge in [0.15, 0.2) is 0 Å². The van der Waals surface area contributed by atoms with Crippen molar-refractivity contribution in [1.29, 1.82) is 0 Å². The molecule has 2 aromatic rings. The monoisotopic (exact) mass is 273 g/mol. The Morgan fingerprint density at radius 1 is 1.26 bits per heavy atom. The maximum atomic E-state index is 11.6. The molecule has 0 atom stereocenters. The van der Waals surface area contributed by atoms with Gasteiger partial charge in [0.05, 0.1) is 0 Å². The van der Waals surface area contributed by atoms with Crippen molar-refractivity contribution < 1.29 is 9.90 Å². The summed E-state index contributed by atoms with van der Waals surface area (Å²) in [6.45, 7) is 0. The molecule has 98 valence electrons. The molecular formula is C15H15NO2S. The first kappa shape index (κ1) is 12.1. The van der Waals surface area contributed by atoms with E-state index in [1.54, 1.807) is 0 Å². The van der Waals surface area contributed by atoms with E-state index in [4.69, 9.17) is 0 Å². The summed E-state index contributed by atoms with van der Waals surface area (Å²) in [6, 6.07) is 10.2. The molecule has 4 heteroatoms. The molecule has 0 radical (unpaired) electrons. The molecule has 0 bridgehead atoms. The zero-order valence-corrected chi connectivity index (χ0v) is 11.4. The summed E-state index contributed by atoms with van der Waals surface area (Å²) in [4.78, 5) is 11.6. The van der Waals surface area contributed by atoms with E-state index in [9.17, 15) is 9.90 Å². The molecule has 19 heavy (non-hydrogen) atoms. The highest BCUT2D eigenvalue weighted by molar-refractivity contribution is 8.48. The van der Waals surface area contributed by atoms with Gasteiger partial charge in [-0.05, 0) is 28.3 Å². The maximum absolute atomic E-state index is 11.6. The van der Waals surface area contributed by atoms with Gasteiger partial charge in [0, 0.05) is 24.0 Å². The Morgan fingerprint density at radius 2 is 1.95 bits per heavy atom. The van der Waals surface area contributed by atoms with Gasteiger partial charge >= 0.3 is 5.30 Å². The number of nitrogens with zero attached hydrogens (tertiary/aromatic N) is 1. The van der Waals surface area contributed by atoms with Gasteiger partial charge in [0.25, 0.3) is 0 Å². The Bertz CT molecular complexity index is 700. The maximum Gasteiger partial charge on any atom is 0.354 e. The molecule has 0 saturated carbocycles. The fraction of sp³-hybridized carbons (Fsp3) is 0.133. The van der Waals surface area contributed by atoms with Gasteiger partial charge in [0.2, 0.25) is 0 Å². The Labute approximate surface area is 113 Å². The van der Waals surface area contributed by atoms with Crippen LogP contribution in [0.25, 0.3) is 10.9 Å². The summed E-state index contributed by atoms with van der Waals surface area (Å²) >= 11 is 0. The summed E-state index contributed by atoms with van der Waals surface area (Å²) in [5, 5.41) is 13.6. The van der Waals surface area contributed by atoms with E-state index in [2.05, 4.69) is 22.8 Å². The second kappa shape index (κ2) is 4.31. The van der Waals surface area contributed by atoms with Crippen LogP contribution in [0.2, 0.25) is 0 Å². The molecule has 0 fully saturated rings. The molecule has 1 aromatic heterocycles. The Hall–Kier alpha value is -1.94. The van der Waals surface area contributed by atoms with Gasteiger partial charge in [-0.3, -0.25) is 0 Å². The smallest absolute Gasteiger partial charge is 0.354 e.